The third-order valence-corrected chi connectivity index (χ3v) is 12.0. The van der Waals surface area contributed by atoms with Crippen molar-refractivity contribution in [3.63, 3.8) is 0 Å². The second-order valence-electron chi connectivity index (χ2n) is 17.4. The van der Waals surface area contributed by atoms with Crippen LogP contribution < -0.4 is 0 Å². The molecule has 370 valence electrons. The summed E-state index contributed by atoms with van der Waals surface area (Å²) < 4.78 is 59.2. The molecule has 4 N–H and O–H groups in total. The van der Waals surface area contributed by atoms with Gasteiger partial charge in [0, 0.05) is 13.0 Å². The van der Waals surface area contributed by atoms with Crippen molar-refractivity contribution in [1.29, 1.82) is 0 Å². The molecule has 0 spiro atoms. The van der Waals surface area contributed by atoms with E-state index in [1.807, 2.05) is 0 Å². The fourth-order valence-electron chi connectivity index (χ4n) is 7.75. The van der Waals surface area contributed by atoms with Gasteiger partial charge >= 0.3 is 16.4 Å². The Kier molecular flexibility index (Phi) is 39.3. The quantitative estimate of drug-likeness (QED) is 0.0197. The molecule has 0 saturated carbocycles. The van der Waals surface area contributed by atoms with E-state index in [1.54, 1.807) is 0 Å². The second kappa shape index (κ2) is 41.7. The zero-order valence-corrected chi connectivity index (χ0v) is 40.5. The number of ether oxygens (including phenoxy) is 4. The van der Waals surface area contributed by atoms with E-state index in [9.17, 15) is 33.1 Å². The van der Waals surface area contributed by atoms with Crippen molar-refractivity contribution in [1.82, 2.24) is 0 Å². The van der Waals surface area contributed by atoms with Gasteiger partial charge in [-0.2, -0.15) is 8.42 Å². The van der Waals surface area contributed by atoms with Crippen LogP contribution in [0.2, 0.25) is 0 Å². The maximum Gasteiger partial charge on any atom is 0.397 e. The van der Waals surface area contributed by atoms with Crippen LogP contribution in [0, 0.1) is 0 Å². The minimum Gasteiger partial charge on any atom is -0.457 e. The smallest absolute Gasteiger partial charge is 0.397 e. The van der Waals surface area contributed by atoms with E-state index in [1.165, 1.54) is 116 Å². The number of aliphatic hydroxyl groups excluding tert-OH is 3. The largest absolute Gasteiger partial charge is 0.457 e. The molecule has 0 bridgehead atoms. The molecule has 12 nitrogen and oxygen atoms in total. The summed E-state index contributed by atoms with van der Waals surface area (Å²) in [6, 6.07) is 0. The average molecular weight is 917 g/mol. The highest BCUT2D eigenvalue weighted by atomic mass is 32.3. The van der Waals surface area contributed by atoms with Crippen molar-refractivity contribution < 1.29 is 56.2 Å². The van der Waals surface area contributed by atoms with Crippen LogP contribution in [0.4, 0.5) is 0 Å². The molecule has 1 fully saturated rings. The van der Waals surface area contributed by atoms with Crippen LogP contribution in [0.25, 0.3) is 0 Å². The molecule has 13 heteroatoms. The molecule has 0 amide bonds. The summed E-state index contributed by atoms with van der Waals surface area (Å²) in [5.41, 5.74) is 0. The fourth-order valence-corrected chi connectivity index (χ4v) is 8.26. The Labute approximate surface area is 383 Å². The lowest BCUT2D eigenvalue weighted by atomic mass is 9.99. The van der Waals surface area contributed by atoms with Gasteiger partial charge in [-0.1, -0.05) is 198 Å². The predicted octanol–water partition coefficient (Wildman–Crippen LogP) is 11.4. The van der Waals surface area contributed by atoms with Gasteiger partial charge in [0.05, 0.1) is 19.8 Å². The molecule has 1 rings (SSSR count). The van der Waals surface area contributed by atoms with Crippen LogP contribution in [-0.2, 0) is 38.3 Å². The summed E-state index contributed by atoms with van der Waals surface area (Å²) in [4.78, 5) is 12.9. The molecule has 0 aromatic heterocycles. The van der Waals surface area contributed by atoms with Crippen molar-refractivity contribution in [2.75, 3.05) is 26.4 Å². The molecule has 1 aliphatic heterocycles. The number of hydrogen-bond donors (Lipinski definition) is 4. The molecule has 6 unspecified atom stereocenters. The van der Waals surface area contributed by atoms with Crippen molar-refractivity contribution in [2.24, 2.45) is 0 Å². The molecule has 1 aliphatic rings. The Morgan fingerprint density at radius 1 is 0.619 bits per heavy atom. The van der Waals surface area contributed by atoms with Gasteiger partial charge in [-0.25, -0.2) is 4.18 Å². The Hall–Kier alpha value is -1.68. The van der Waals surface area contributed by atoms with E-state index >= 15 is 0 Å². The average Bonchev–Trinajstić information content (AvgIpc) is 3.26. The molecule has 0 aliphatic carbocycles. The first-order chi connectivity index (χ1) is 30.6. The lowest BCUT2D eigenvalue weighted by Crippen LogP contribution is -2.60. The molecule has 1 heterocycles. The molecule has 63 heavy (non-hydrogen) atoms. The summed E-state index contributed by atoms with van der Waals surface area (Å²) in [6.45, 7) is 3.90. The fraction of sp³-hybridized carbons (Fsp3) is 0.860. The van der Waals surface area contributed by atoms with Gasteiger partial charge in [0.15, 0.2) is 6.29 Å². The molecule has 1 saturated heterocycles. The summed E-state index contributed by atoms with van der Waals surface area (Å²) in [5.74, 6) is -0.406. The first-order valence-electron chi connectivity index (χ1n) is 25.2. The van der Waals surface area contributed by atoms with Crippen LogP contribution in [0.5, 0.6) is 0 Å². The van der Waals surface area contributed by atoms with Crippen LogP contribution in [0.15, 0.2) is 36.5 Å². The molecule has 0 aromatic rings. The Morgan fingerprint density at radius 3 is 1.60 bits per heavy atom. The van der Waals surface area contributed by atoms with Crippen LogP contribution in [-0.4, -0.2) is 97.5 Å². The molecule has 6 atom stereocenters. The highest BCUT2D eigenvalue weighted by Gasteiger charge is 2.48. The van der Waals surface area contributed by atoms with Crippen molar-refractivity contribution in [3.05, 3.63) is 36.5 Å². The third-order valence-electron chi connectivity index (χ3n) is 11.5. The molecule has 0 aromatic carbocycles. The standard InChI is InChI=1S/C50H92O12S/c1-3-5-7-9-11-13-15-17-19-21-22-24-26-28-30-32-34-36-38-40-58-42-44(43-59-50-48(54)49(62-63(55,56)57)47(53)45(41-51)61-50)60-46(52)39-37-35-33-31-29-27-25-23-20-18-16-14-12-10-8-6-4-2/h6,8,12,14,18,20,44-45,47-51,53-54H,3-5,7,9-11,13,15-17,19,21-43H2,1-2H3,(H,55,56,57)/b8-6-,14-12-,20-18-. The van der Waals surface area contributed by atoms with Gasteiger partial charge in [-0.05, 0) is 44.9 Å². The lowest BCUT2D eigenvalue weighted by Gasteiger charge is -2.41. The van der Waals surface area contributed by atoms with E-state index in [0.29, 0.717) is 13.0 Å². The third kappa shape index (κ3) is 35.2. The van der Waals surface area contributed by atoms with Crippen molar-refractivity contribution in [2.45, 2.75) is 250 Å². The summed E-state index contributed by atoms with van der Waals surface area (Å²) >= 11 is 0. The second-order valence-corrected chi connectivity index (χ2v) is 18.4. The van der Waals surface area contributed by atoms with Crippen molar-refractivity contribution in [3.8, 4) is 0 Å². The van der Waals surface area contributed by atoms with E-state index in [-0.39, 0.29) is 19.6 Å². The number of rotatable bonds is 44. The van der Waals surface area contributed by atoms with Gasteiger partial charge in [0.2, 0.25) is 0 Å². The lowest BCUT2D eigenvalue weighted by molar-refractivity contribution is -0.301. The first-order valence-corrected chi connectivity index (χ1v) is 26.6. The Bertz CT molecular complexity index is 1240. The van der Waals surface area contributed by atoms with E-state index in [2.05, 4.69) is 54.5 Å². The van der Waals surface area contributed by atoms with Crippen molar-refractivity contribution >= 4 is 16.4 Å². The van der Waals surface area contributed by atoms with Gasteiger partial charge in [0.25, 0.3) is 0 Å². The number of carbonyl (C=O) groups is 1. The summed E-state index contributed by atoms with van der Waals surface area (Å²) in [6.07, 6.45) is 40.3. The van der Waals surface area contributed by atoms with Crippen LogP contribution in [0.1, 0.15) is 213 Å². The molecular weight excluding hydrogens is 825 g/mol. The maximum atomic E-state index is 12.9. The van der Waals surface area contributed by atoms with Crippen LogP contribution >= 0.6 is 0 Å². The summed E-state index contributed by atoms with van der Waals surface area (Å²) in [7, 11) is -5.06. The Balaban J connectivity index is 2.37. The van der Waals surface area contributed by atoms with E-state index in [0.717, 1.165) is 70.6 Å². The zero-order chi connectivity index (χ0) is 46.1. The van der Waals surface area contributed by atoms with E-state index < -0.39 is 59.8 Å². The van der Waals surface area contributed by atoms with Gasteiger partial charge < -0.3 is 34.3 Å². The number of allylic oxidation sites excluding steroid dienone is 6. The maximum absolute atomic E-state index is 12.9. The SMILES string of the molecule is CC/C=C\C/C=C\C/C=C\CCCCCCCCCC(=O)OC(COCCCCCCCCCCCCCCCCCCCCC)COC1OC(CO)C(O)C(OS(=O)(=O)O)C1O. The molecule has 0 radical (unpaired) electrons. The normalized spacial score (nSPS) is 20.1. The number of esters is 1. The molecular formula is C50H92O12S. The highest BCUT2D eigenvalue weighted by Crippen LogP contribution is 2.26. The number of hydrogen-bond acceptors (Lipinski definition) is 11. The minimum absolute atomic E-state index is 0.0349. The zero-order valence-electron chi connectivity index (χ0n) is 39.6. The van der Waals surface area contributed by atoms with Gasteiger partial charge in [-0.15, -0.1) is 0 Å². The minimum atomic E-state index is -5.06. The number of unbranched alkanes of at least 4 members (excludes halogenated alkanes) is 25. The monoisotopic (exact) mass is 917 g/mol. The first kappa shape index (κ1) is 59.3. The predicted molar refractivity (Wildman–Crippen MR) is 253 cm³/mol. The van der Waals surface area contributed by atoms with Crippen LogP contribution in [0.3, 0.4) is 0 Å². The van der Waals surface area contributed by atoms with Gasteiger partial charge in [0.1, 0.15) is 30.5 Å². The summed E-state index contributed by atoms with van der Waals surface area (Å²) in [5, 5.41) is 30.7. The number of aliphatic hydroxyl groups is 3. The van der Waals surface area contributed by atoms with Gasteiger partial charge in [-0.3, -0.25) is 9.35 Å². The number of carbonyl (C=O) groups excluding carboxylic acids is 1. The topological polar surface area (TPSA) is 178 Å². The highest BCUT2D eigenvalue weighted by molar-refractivity contribution is 7.80. The van der Waals surface area contributed by atoms with E-state index in [4.69, 9.17) is 18.9 Å². The Morgan fingerprint density at radius 2 is 1.10 bits per heavy atom.